The number of fused-ring (bicyclic) bond motifs is 1. The van der Waals surface area contributed by atoms with Gasteiger partial charge in [0.05, 0.1) is 30.3 Å². The Balaban J connectivity index is 2.04. The van der Waals surface area contributed by atoms with Crippen molar-refractivity contribution in [1.82, 2.24) is 9.78 Å². The van der Waals surface area contributed by atoms with Gasteiger partial charge in [-0.3, -0.25) is 4.68 Å². The van der Waals surface area contributed by atoms with Gasteiger partial charge in [0.25, 0.3) is 0 Å². The Morgan fingerprint density at radius 2 is 2.04 bits per heavy atom. The van der Waals surface area contributed by atoms with Crippen molar-refractivity contribution in [3.05, 3.63) is 65.1 Å². The van der Waals surface area contributed by atoms with Gasteiger partial charge in [0.2, 0.25) is 0 Å². The molecule has 0 atom stereocenters. The maximum absolute atomic E-state index is 13.6. The topological polar surface area (TPSA) is 67.9 Å². The molecule has 0 saturated carbocycles. The Hall–Kier alpha value is -3.20. The van der Waals surface area contributed by atoms with Crippen LogP contribution in [-0.2, 0) is 11.3 Å². The van der Waals surface area contributed by atoms with E-state index >= 15 is 0 Å². The molecule has 0 radical (unpaired) electrons. The summed E-state index contributed by atoms with van der Waals surface area (Å²) in [6, 6.07) is 13.3. The van der Waals surface area contributed by atoms with Crippen molar-refractivity contribution in [2.75, 3.05) is 6.61 Å². The summed E-state index contributed by atoms with van der Waals surface area (Å²) in [5, 5.41) is 13.6. The Bertz CT molecular complexity index is 939. The molecule has 0 aliphatic heterocycles. The zero-order chi connectivity index (χ0) is 17.1. The fourth-order valence-corrected chi connectivity index (χ4v) is 2.48. The van der Waals surface area contributed by atoms with Gasteiger partial charge in [0.15, 0.2) is 5.69 Å². The van der Waals surface area contributed by atoms with Crippen LogP contribution in [0, 0.1) is 17.1 Å². The first-order valence-corrected chi connectivity index (χ1v) is 7.44. The highest BCUT2D eigenvalue weighted by atomic mass is 19.1. The minimum atomic E-state index is -0.577. The Morgan fingerprint density at radius 3 is 2.71 bits per heavy atom. The zero-order valence-corrected chi connectivity index (χ0v) is 13.0. The standard InChI is InChI=1S/C18H14FN3O2/c1-2-24-18(23)17-15-9-14(19)7-8-16(15)22(21-17)11-13-5-3-12(10-20)4-6-13/h3-9H,2,11H2,1H3. The van der Waals surface area contributed by atoms with Crippen molar-refractivity contribution in [3.8, 4) is 6.07 Å². The highest BCUT2D eigenvalue weighted by Gasteiger charge is 2.19. The van der Waals surface area contributed by atoms with Gasteiger partial charge in [-0.25, -0.2) is 9.18 Å². The molecule has 0 aliphatic rings. The number of aromatic nitrogens is 2. The van der Waals surface area contributed by atoms with Crippen LogP contribution in [0.25, 0.3) is 10.9 Å². The second kappa shape index (κ2) is 6.50. The maximum Gasteiger partial charge on any atom is 0.359 e. The predicted octanol–water partition coefficient (Wildman–Crippen LogP) is 3.27. The lowest BCUT2D eigenvalue weighted by molar-refractivity contribution is 0.0520. The number of hydrogen-bond donors (Lipinski definition) is 0. The molecule has 1 heterocycles. The number of hydrogen-bond acceptors (Lipinski definition) is 4. The van der Waals surface area contributed by atoms with Gasteiger partial charge in [-0.15, -0.1) is 0 Å². The minimum absolute atomic E-state index is 0.0972. The third-order valence-corrected chi connectivity index (χ3v) is 3.60. The number of ether oxygens (including phenoxy) is 1. The van der Waals surface area contributed by atoms with Gasteiger partial charge < -0.3 is 4.74 Å². The largest absolute Gasteiger partial charge is 0.461 e. The van der Waals surface area contributed by atoms with Crippen molar-refractivity contribution < 1.29 is 13.9 Å². The predicted molar refractivity (Wildman–Crippen MR) is 85.9 cm³/mol. The van der Waals surface area contributed by atoms with Gasteiger partial charge in [-0.05, 0) is 42.8 Å². The number of nitriles is 1. The van der Waals surface area contributed by atoms with E-state index in [2.05, 4.69) is 11.2 Å². The van der Waals surface area contributed by atoms with E-state index in [4.69, 9.17) is 10.00 Å². The molecule has 3 aromatic rings. The van der Waals surface area contributed by atoms with Crippen LogP contribution in [0.1, 0.15) is 28.5 Å². The van der Waals surface area contributed by atoms with E-state index in [0.29, 0.717) is 23.0 Å². The summed E-state index contributed by atoms with van der Waals surface area (Å²) in [7, 11) is 0. The highest BCUT2D eigenvalue weighted by molar-refractivity contribution is 6.02. The lowest BCUT2D eigenvalue weighted by atomic mass is 10.1. The van der Waals surface area contributed by atoms with Crippen LogP contribution in [0.2, 0.25) is 0 Å². The van der Waals surface area contributed by atoms with Gasteiger partial charge >= 0.3 is 5.97 Å². The molecular weight excluding hydrogens is 309 g/mol. The lowest BCUT2D eigenvalue weighted by Gasteiger charge is -2.04. The molecular formula is C18H14FN3O2. The molecule has 24 heavy (non-hydrogen) atoms. The number of esters is 1. The highest BCUT2D eigenvalue weighted by Crippen LogP contribution is 2.22. The van der Waals surface area contributed by atoms with Crippen LogP contribution in [0.5, 0.6) is 0 Å². The van der Waals surface area contributed by atoms with E-state index in [1.54, 1.807) is 29.8 Å². The molecule has 2 aromatic carbocycles. The molecule has 0 amide bonds. The minimum Gasteiger partial charge on any atom is -0.461 e. The first-order chi connectivity index (χ1) is 11.6. The molecule has 0 spiro atoms. The Labute approximate surface area is 137 Å². The van der Waals surface area contributed by atoms with Crippen molar-refractivity contribution in [2.45, 2.75) is 13.5 Å². The van der Waals surface area contributed by atoms with E-state index < -0.39 is 11.8 Å². The first kappa shape index (κ1) is 15.7. The Kier molecular flexibility index (Phi) is 4.25. The molecule has 120 valence electrons. The van der Waals surface area contributed by atoms with E-state index in [0.717, 1.165) is 5.56 Å². The molecule has 0 bridgehead atoms. The summed E-state index contributed by atoms with van der Waals surface area (Å²) in [6.07, 6.45) is 0. The van der Waals surface area contributed by atoms with Crippen molar-refractivity contribution in [1.29, 1.82) is 5.26 Å². The summed E-state index contributed by atoms with van der Waals surface area (Å²) in [5.41, 5.74) is 2.22. The molecule has 0 unspecified atom stereocenters. The first-order valence-electron chi connectivity index (χ1n) is 7.44. The van der Waals surface area contributed by atoms with Crippen molar-refractivity contribution >= 4 is 16.9 Å². The van der Waals surface area contributed by atoms with E-state index in [9.17, 15) is 9.18 Å². The van der Waals surface area contributed by atoms with E-state index in [1.807, 2.05) is 12.1 Å². The number of carbonyl (C=O) groups is 1. The normalized spacial score (nSPS) is 10.5. The van der Waals surface area contributed by atoms with Crippen LogP contribution >= 0.6 is 0 Å². The lowest BCUT2D eigenvalue weighted by Crippen LogP contribution is -2.08. The SMILES string of the molecule is CCOC(=O)c1nn(Cc2ccc(C#N)cc2)c2ccc(F)cc12. The van der Waals surface area contributed by atoms with Crippen molar-refractivity contribution in [3.63, 3.8) is 0 Å². The summed E-state index contributed by atoms with van der Waals surface area (Å²) >= 11 is 0. The fraction of sp³-hybridized carbons (Fsp3) is 0.167. The van der Waals surface area contributed by atoms with Crippen LogP contribution in [0.4, 0.5) is 4.39 Å². The monoisotopic (exact) mass is 323 g/mol. The van der Waals surface area contributed by atoms with E-state index in [1.165, 1.54) is 12.1 Å². The summed E-state index contributed by atoms with van der Waals surface area (Å²) < 4.78 is 20.2. The molecule has 6 heteroatoms. The molecule has 5 nitrogen and oxygen atoms in total. The number of carbonyl (C=O) groups excluding carboxylic acids is 1. The quantitative estimate of drug-likeness (QED) is 0.691. The van der Waals surface area contributed by atoms with Crippen molar-refractivity contribution in [2.24, 2.45) is 0 Å². The van der Waals surface area contributed by atoms with Crippen LogP contribution in [0.15, 0.2) is 42.5 Å². The van der Waals surface area contributed by atoms with Gasteiger partial charge in [0.1, 0.15) is 5.82 Å². The zero-order valence-electron chi connectivity index (χ0n) is 13.0. The molecule has 3 rings (SSSR count). The van der Waals surface area contributed by atoms with Crippen LogP contribution in [-0.4, -0.2) is 22.4 Å². The molecule has 0 N–H and O–H groups in total. The second-order valence-corrected chi connectivity index (χ2v) is 5.20. The molecule has 0 fully saturated rings. The third kappa shape index (κ3) is 2.97. The maximum atomic E-state index is 13.6. The number of benzene rings is 2. The second-order valence-electron chi connectivity index (χ2n) is 5.20. The molecule has 1 aromatic heterocycles. The Morgan fingerprint density at radius 1 is 1.29 bits per heavy atom. The number of rotatable bonds is 4. The third-order valence-electron chi connectivity index (χ3n) is 3.60. The number of halogens is 1. The van der Waals surface area contributed by atoms with Crippen LogP contribution in [0.3, 0.4) is 0 Å². The average molecular weight is 323 g/mol. The summed E-state index contributed by atoms with van der Waals surface area (Å²) in [6.45, 7) is 2.32. The fourth-order valence-electron chi connectivity index (χ4n) is 2.48. The molecule has 0 aliphatic carbocycles. The average Bonchev–Trinajstić information content (AvgIpc) is 2.93. The van der Waals surface area contributed by atoms with E-state index in [-0.39, 0.29) is 12.3 Å². The van der Waals surface area contributed by atoms with Gasteiger partial charge in [0, 0.05) is 5.39 Å². The van der Waals surface area contributed by atoms with Crippen LogP contribution < -0.4 is 0 Å². The van der Waals surface area contributed by atoms with Gasteiger partial charge in [-0.1, -0.05) is 12.1 Å². The smallest absolute Gasteiger partial charge is 0.359 e. The summed E-state index contributed by atoms with van der Waals surface area (Å²) in [5.74, 6) is -1.02. The summed E-state index contributed by atoms with van der Waals surface area (Å²) in [4.78, 5) is 12.1. The van der Waals surface area contributed by atoms with Gasteiger partial charge in [-0.2, -0.15) is 10.4 Å². The number of nitrogens with zero attached hydrogens (tertiary/aromatic N) is 3. The molecule has 0 saturated heterocycles.